The van der Waals surface area contributed by atoms with Crippen molar-refractivity contribution in [2.45, 2.75) is 33.2 Å². The summed E-state index contributed by atoms with van der Waals surface area (Å²) in [7, 11) is 0. The van der Waals surface area contributed by atoms with Gasteiger partial charge in [0.15, 0.2) is 5.76 Å². The maximum Gasteiger partial charge on any atom is 0.270 e. The number of furan rings is 1. The second kappa shape index (κ2) is 6.41. The summed E-state index contributed by atoms with van der Waals surface area (Å²) in [6.07, 6.45) is 0. The number of hydrogen-bond acceptors (Lipinski definition) is 3. The molecule has 3 aromatic rings. The lowest BCUT2D eigenvalue weighted by Crippen LogP contribution is -2.41. The first-order valence-electron chi connectivity index (χ1n) is 7.98. The summed E-state index contributed by atoms with van der Waals surface area (Å²) in [4.78, 5) is 12.8. The average Bonchev–Trinajstić information content (AvgIpc) is 3.11. The first-order valence-corrected chi connectivity index (χ1v) is 8.36. The largest absolute Gasteiger partial charge is 0.460 e. The number of carbonyl (C=O) groups is 1. The van der Waals surface area contributed by atoms with Gasteiger partial charge >= 0.3 is 0 Å². The Bertz CT molecular complexity index is 919. The quantitative estimate of drug-likeness (QED) is 0.743. The van der Waals surface area contributed by atoms with Crippen LogP contribution < -0.4 is 5.32 Å². The van der Waals surface area contributed by atoms with Crippen molar-refractivity contribution in [1.29, 1.82) is 0 Å². The lowest BCUT2D eigenvalue weighted by atomic mass is 10.1. The van der Waals surface area contributed by atoms with E-state index in [9.17, 15) is 4.79 Å². The van der Waals surface area contributed by atoms with Crippen LogP contribution in [0.1, 0.15) is 37.0 Å². The summed E-state index contributed by atoms with van der Waals surface area (Å²) in [5.74, 6) is 1.19. The van der Waals surface area contributed by atoms with Crippen LogP contribution in [0, 0.1) is 6.92 Å². The molecule has 0 bridgehead atoms. The van der Waals surface area contributed by atoms with Crippen LogP contribution in [-0.2, 0) is 0 Å². The predicted molar refractivity (Wildman–Crippen MR) is 98.2 cm³/mol. The highest BCUT2D eigenvalue weighted by Crippen LogP contribution is 2.25. The predicted octanol–water partition coefficient (Wildman–Crippen LogP) is 4.62. The molecule has 6 heteroatoms. The van der Waals surface area contributed by atoms with Crippen LogP contribution in [0.5, 0.6) is 0 Å². The molecule has 25 heavy (non-hydrogen) atoms. The Labute approximate surface area is 151 Å². The second-order valence-electron chi connectivity index (χ2n) is 6.92. The molecule has 0 unspecified atom stereocenters. The van der Waals surface area contributed by atoms with Crippen molar-refractivity contribution in [3.05, 3.63) is 58.9 Å². The lowest BCUT2D eigenvalue weighted by molar-refractivity contribution is 0.0911. The zero-order valence-electron chi connectivity index (χ0n) is 14.6. The van der Waals surface area contributed by atoms with Crippen molar-refractivity contribution in [2.24, 2.45) is 0 Å². The van der Waals surface area contributed by atoms with Gasteiger partial charge < -0.3 is 9.73 Å². The highest BCUT2D eigenvalue weighted by atomic mass is 35.5. The van der Waals surface area contributed by atoms with Gasteiger partial charge in [0.1, 0.15) is 17.1 Å². The van der Waals surface area contributed by atoms with E-state index in [1.807, 2.05) is 52.0 Å². The van der Waals surface area contributed by atoms with Gasteiger partial charge in [0.2, 0.25) is 0 Å². The molecule has 0 saturated carbocycles. The van der Waals surface area contributed by atoms with Crippen molar-refractivity contribution in [3.63, 3.8) is 0 Å². The van der Waals surface area contributed by atoms with Gasteiger partial charge in [0, 0.05) is 16.6 Å². The molecule has 0 fully saturated rings. The van der Waals surface area contributed by atoms with Gasteiger partial charge in [-0.3, -0.25) is 4.79 Å². The first-order chi connectivity index (χ1) is 11.7. The van der Waals surface area contributed by atoms with E-state index in [2.05, 4.69) is 10.4 Å². The number of carbonyl (C=O) groups excluding carboxylic acids is 1. The van der Waals surface area contributed by atoms with Crippen molar-refractivity contribution in [3.8, 4) is 17.1 Å². The van der Waals surface area contributed by atoms with Crippen LogP contribution in [0.4, 0.5) is 0 Å². The summed E-state index contributed by atoms with van der Waals surface area (Å²) >= 11 is 6.10. The normalized spacial score (nSPS) is 11.6. The van der Waals surface area contributed by atoms with Gasteiger partial charge in [0.05, 0.1) is 5.69 Å². The number of nitrogens with one attached hydrogen (secondary N) is 1. The number of benzene rings is 1. The molecule has 0 radical (unpaired) electrons. The Kier molecular flexibility index (Phi) is 4.43. The molecular formula is C19H20ClN3O2. The Balaban J connectivity index is 2.11. The van der Waals surface area contributed by atoms with Crippen LogP contribution in [0.25, 0.3) is 17.1 Å². The van der Waals surface area contributed by atoms with Crippen molar-refractivity contribution in [2.75, 3.05) is 0 Å². The number of rotatable bonds is 3. The Hall–Kier alpha value is -2.53. The molecule has 1 N–H and O–H groups in total. The first kappa shape index (κ1) is 17.3. The molecule has 0 aliphatic rings. The number of aryl methyl sites for hydroxylation is 1. The molecule has 0 saturated heterocycles. The van der Waals surface area contributed by atoms with E-state index >= 15 is 0 Å². The van der Waals surface area contributed by atoms with Crippen LogP contribution in [-0.4, -0.2) is 21.2 Å². The molecule has 130 valence electrons. The SMILES string of the molecule is Cc1ccc(-c2cc(C(=O)NC(C)(C)C)n(-c3cccc(Cl)c3)n2)o1. The Morgan fingerprint density at radius 1 is 1.20 bits per heavy atom. The van der Waals surface area contributed by atoms with Crippen molar-refractivity contribution in [1.82, 2.24) is 15.1 Å². The topological polar surface area (TPSA) is 60.1 Å². The van der Waals surface area contributed by atoms with Crippen molar-refractivity contribution >= 4 is 17.5 Å². The molecule has 5 nitrogen and oxygen atoms in total. The molecular weight excluding hydrogens is 338 g/mol. The fraction of sp³-hybridized carbons (Fsp3) is 0.263. The third-order valence-electron chi connectivity index (χ3n) is 3.48. The van der Waals surface area contributed by atoms with Gasteiger partial charge in [-0.15, -0.1) is 0 Å². The minimum atomic E-state index is -0.359. The van der Waals surface area contributed by atoms with Crippen LogP contribution in [0.2, 0.25) is 5.02 Å². The van der Waals surface area contributed by atoms with E-state index in [1.54, 1.807) is 22.9 Å². The minimum absolute atomic E-state index is 0.213. The smallest absolute Gasteiger partial charge is 0.270 e. The summed E-state index contributed by atoms with van der Waals surface area (Å²) in [6.45, 7) is 7.66. The molecule has 3 rings (SSSR count). The fourth-order valence-electron chi connectivity index (χ4n) is 2.44. The van der Waals surface area contributed by atoms with E-state index in [-0.39, 0.29) is 11.4 Å². The van der Waals surface area contributed by atoms with E-state index in [4.69, 9.17) is 16.0 Å². The number of halogens is 1. The standard InChI is InChI=1S/C19H20ClN3O2/c1-12-8-9-17(25-12)15-11-16(18(24)21-19(2,3)4)23(22-15)14-7-5-6-13(20)10-14/h5-11H,1-4H3,(H,21,24). The zero-order valence-corrected chi connectivity index (χ0v) is 15.4. The number of aromatic nitrogens is 2. The van der Waals surface area contributed by atoms with E-state index in [0.29, 0.717) is 27.9 Å². The maximum atomic E-state index is 12.8. The monoisotopic (exact) mass is 357 g/mol. The van der Waals surface area contributed by atoms with E-state index < -0.39 is 0 Å². The van der Waals surface area contributed by atoms with Gasteiger partial charge in [-0.1, -0.05) is 17.7 Å². The molecule has 0 aliphatic heterocycles. The molecule has 1 aromatic carbocycles. The molecule has 2 heterocycles. The summed E-state index contributed by atoms with van der Waals surface area (Å²) in [5, 5.41) is 8.10. The van der Waals surface area contributed by atoms with Crippen LogP contribution >= 0.6 is 11.6 Å². The van der Waals surface area contributed by atoms with Crippen LogP contribution in [0.3, 0.4) is 0 Å². The minimum Gasteiger partial charge on any atom is -0.460 e. The van der Waals surface area contributed by atoms with E-state index in [0.717, 1.165) is 5.76 Å². The second-order valence-corrected chi connectivity index (χ2v) is 7.36. The van der Waals surface area contributed by atoms with Gasteiger partial charge in [-0.05, 0) is 58.0 Å². The zero-order chi connectivity index (χ0) is 18.2. The average molecular weight is 358 g/mol. The third-order valence-corrected chi connectivity index (χ3v) is 3.71. The van der Waals surface area contributed by atoms with Crippen molar-refractivity contribution < 1.29 is 9.21 Å². The fourth-order valence-corrected chi connectivity index (χ4v) is 2.63. The van der Waals surface area contributed by atoms with Gasteiger partial charge in [-0.25, -0.2) is 4.68 Å². The Morgan fingerprint density at radius 3 is 2.56 bits per heavy atom. The summed E-state index contributed by atoms with van der Waals surface area (Å²) in [6, 6.07) is 12.6. The molecule has 0 aliphatic carbocycles. The van der Waals surface area contributed by atoms with Gasteiger partial charge in [-0.2, -0.15) is 5.10 Å². The molecule has 2 aromatic heterocycles. The number of nitrogens with zero attached hydrogens (tertiary/aromatic N) is 2. The summed E-state index contributed by atoms with van der Waals surface area (Å²) < 4.78 is 7.23. The Morgan fingerprint density at radius 2 is 1.96 bits per heavy atom. The number of amides is 1. The highest BCUT2D eigenvalue weighted by molar-refractivity contribution is 6.30. The maximum absolute atomic E-state index is 12.8. The van der Waals surface area contributed by atoms with Crippen LogP contribution in [0.15, 0.2) is 46.9 Å². The van der Waals surface area contributed by atoms with E-state index in [1.165, 1.54) is 0 Å². The molecule has 0 spiro atoms. The van der Waals surface area contributed by atoms with Gasteiger partial charge in [0.25, 0.3) is 5.91 Å². The third kappa shape index (κ3) is 3.94. The lowest BCUT2D eigenvalue weighted by Gasteiger charge is -2.20. The number of hydrogen-bond donors (Lipinski definition) is 1. The summed E-state index contributed by atoms with van der Waals surface area (Å²) in [5.41, 5.74) is 1.36. The molecule has 1 amide bonds. The highest BCUT2D eigenvalue weighted by Gasteiger charge is 2.22. The molecule has 0 atom stereocenters.